The average Bonchev–Trinajstić information content (AvgIpc) is 2.69. The van der Waals surface area contributed by atoms with Crippen molar-refractivity contribution in [2.24, 2.45) is 11.3 Å². The van der Waals surface area contributed by atoms with Crippen LogP contribution in [0.15, 0.2) is 49.1 Å². The fraction of sp³-hybridized carbons (Fsp3) is 0.565. The molecule has 2 aliphatic rings. The number of hydrogen-bond donors (Lipinski definition) is 1. The van der Waals surface area contributed by atoms with Crippen LogP contribution in [0.5, 0.6) is 0 Å². The van der Waals surface area contributed by atoms with Crippen LogP contribution in [-0.2, 0) is 11.3 Å². The molecule has 1 aliphatic heterocycles. The minimum absolute atomic E-state index is 0.150. The van der Waals surface area contributed by atoms with Crippen molar-refractivity contribution in [1.82, 2.24) is 4.90 Å². The van der Waals surface area contributed by atoms with E-state index in [0.29, 0.717) is 11.8 Å². The van der Waals surface area contributed by atoms with Crippen LogP contribution in [0.3, 0.4) is 0 Å². The Morgan fingerprint density at radius 3 is 2.58 bits per heavy atom. The standard InChI is InChI=1S/C23H33NO2/c1-4-23(17-25)10-9-21(18(2)3)22(15-23)20-7-5-19(6-8-20)16-24-11-13-26-14-12-24/h4-8,21-22,25H,1-2,9-17H2,3H3/t21-,22-,23-/m0/s1. The van der Waals surface area contributed by atoms with Gasteiger partial charge in [0, 0.05) is 25.0 Å². The zero-order chi connectivity index (χ0) is 18.6. The van der Waals surface area contributed by atoms with Gasteiger partial charge in [0.2, 0.25) is 0 Å². The molecule has 0 spiro atoms. The molecular weight excluding hydrogens is 322 g/mol. The summed E-state index contributed by atoms with van der Waals surface area (Å²) >= 11 is 0. The van der Waals surface area contributed by atoms with E-state index in [4.69, 9.17) is 4.74 Å². The van der Waals surface area contributed by atoms with E-state index in [1.165, 1.54) is 16.7 Å². The highest BCUT2D eigenvalue weighted by Gasteiger charge is 2.39. The van der Waals surface area contributed by atoms with Crippen molar-refractivity contribution in [2.45, 2.75) is 38.6 Å². The number of ether oxygens (including phenoxy) is 1. The number of morpholine rings is 1. The summed E-state index contributed by atoms with van der Waals surface area (Å²) in [5.41, 5.74) is 3.82. The maximum Gasteiger partial charge on any atom is 0.0594 e. The Hall–Kier alpha value is -1.42. The second-order valence-electron chi connectivity index (χ2n) is 8.16. The molecule has 1 saturated heterocycles. The minimum Gasteiger partial charge on any atom is -0.395 e. The SMILES string of the molecule is C=C[C@]1(CO)CC[C@@H](C(=C)C)[C@H](c2ccc(CN3CCOCC3)cc2)C1. The van der Waals surface area contributed by atoms with Crippen molar-refractivity contribution < 1.29 is 9.84 Å². The fourth-order valence-electron chi connectivity index (χ4n) is 4.55. The molecule has 0 aromatic heterocycles. The van der Waals surface area contributed by atoms with E-state index < -0.39 is 0 Å². The molecule has 3 rings (SSSR count). The van der Waals surface area contributed by atoms with E-state index in [1.807, 2.05) is 6.08 Å². The Morgan fingerprint density at radius 2 is 2.00 bits per heavy atom. The molecule has 1 aliphatic carbocycles. The Morgan fingerprint density at radius 1 is 1.31 bits per heavy atom. The topological polar surface area (TPSA) is 32.7 Å². The van der Waals surface area contributed by atoms with Crippen molar-refractivity contribution >= 4 is 0 Å². The van der Waals surface area contributed by atoms with Crippen LogP contribution in [-0.4, -0.2) is 42.9 Å². The van der Waals surface area contributed by atoms with Gasteiger partial charge in [-0.2, -0.15) is 0 Å². The van der Waals surface area contributed by atoms with Gasteiger partial charge in [0.1, 0.15) is 0 Å². The molecule has 3 heteroatoms. The molecule has 1 heterocycles. The number of aliphatic hydroxyl groups is 1. The monoisotopic (exact) mass is 355 g/mol. The van der Waals surface area contributed by atoms with Gasteiger partial charge in [-0.25, -0.2) is 0 Å². The molecule has 1 aromatic rings. The molecule has 1 aromatic carbocycles. The van der Waals surface area contributed by atoms with Gasteiger partial charge in [-0.15, -0.1) is 6.58 Å². The van der Waals surface area contributed by atoms with Crippen molar-refractivity contribution in [3.63, 3.8) is 0 Å². The van der Waals surface area contributed by atoms with Crippen LogP contribution >= 0.6 is 0 Å². The lowest BCUT2D eigenvalue weighted by Crippen LogP contribution is -2.35. The molecule has 142 valence electrons. The highest BCUT2D eigenvalue weighted by Crippen LogP contribution is 2.49. The fourth-order valence-corrected chi connectivity index (χ4v) is 4.55. The van der Waals surface area contributed by atoms with Gasteiger partial charge >= 0.3 is 0 Å². The van der Waals surface area contributed by atoms with Crippen LogP contribution in [0.25, 0.3) is 0 Å². The Labute approximate surface area is 158 Å². The third-order valence-electron chi connectivity index (χ3n) is 6.36. The van der Waals surface area contributed by atoms with E-state index in [2.05, 4.69) is 49.2 Å². The molecule has 26 heavy (non-hydrogen) atoms. The summed E-state index contributed by atoms with van der Waals surface area (Å²) in [6, 6.07) is 9.10. The smallest absolute Gasteiger partial charge is 0.0594 e. The Balaban J connectivity index is 1.75. The highest BCUT2D eigenvalue weighted by atomic mass is 16.5. The number of allylic oxidation sites excluding steroid dienone is 1. The summed E-state index contributed by atoms with van der Waals surface area (Å²) in [5, 5.41) is 9.95. The Bertz CT molecular complexity index is 618. The zero-order valence-corrected chi connectivity index (χ0v) is 16.1. The summed E-state index contributed by atoms with van der Waals surface area (Å²) < 4.78 is 5.43. The quantitative estimate of drug-likeness (QED) is 0.779. The van der Waals surface area contributed by atoms with Crippen LogP contribution in [0.2, 0.25) is 0 Å². The third kappa shape index (κ3) is 4.28. The first-order valence-electron chi connectivity index (χ1n) is 9.86. The first kappa shape index (κ1) is 19.3. The van der Waals surface area contributed by atoms with Crippen LogP contribution in [0.1, 0.15) is 43.2 Å². The maximum atomic E-state index is 9.95. The molecule has 0 radical (unpaired) electrons. The van der Waals surface area contributed by atoms with Gasteiger partial charge in [-0.05, 0) is 49.1 Å². The minimum atomic E-state index is -0.150. The number of hydrogen-bond acceptors (Lipinski definition) is 3. The summed E-state index contributed by atoms with van der Waals surface area (Å²) in [6.07, 6.45) is 4.99. The average molecular weight is 356 g/mol. The van der Waals surface area contributed by atoms with Crippen LogP contribution in [0, 0.1) is 11.3 Å². The maximum absolute atomic E-state index is 9.95. The lowest BCUT2D eigenvalue weighted by Gasteiger charge is -2.43. The van der Waals surface area contributed by atoms with Crippen LogP contribution in [0.4, 0.5) is 0 Å². The second kappa shape index (κ2) is 8.51. The van der Waals surface area contributed by atoms with Gasteiger partial charge in [0.25, 0.3) is 0 Å². The normalized spacial score (nSPS) is 30.1. The second-order valence-corrected chi connectivity index (χ2v) is 8.16. The molecule has 3 atom stereocenters. The molecule has 2 fully saturated rings. The van der Waals surface area contributed by atoms with Crippen molar-refractivity contribution in [3.8, 4) is 0 Å². The van der Waals surface area contributed by atoms with Gasteiger partial charge in [0.15, 0.2) is 0 Å². The van der Waals surface area contributed by atoms with Gasteiger partial charge in [-0.3, -0.25) is 4.90 Å². The highest BCUT2D eigenvalue weighted by molar-refractivity contribution is 5.29. The largest absolute Gasteiger partial charge is 0.395 e. The zero-order valence-electron chi connectivity index (χ0n) is 16.1. The van der Waals surface area contributed by atoms with E-state index in [0.717, 1.165) is 52.1 Å². The van der Waals surface area contributed by atoms with Crippen molar-refractivity contribution in [1.29, 1.82) is 0 Å². The van der Waals surface area contributed by atoms with Crippen molar-refractivity contribution in [2.75, 3.05) is 32.9 Å². The number of aliphatic hydroxyl groups excluding tert-OH is 1. The number of benzene rings is 1. The van der Waals surface area contributed by atoms with Crippen molar-refractivity contribution in [3.05, 3.63) is 60.2 Å². The van der Waals surface area contributed by atoms with Gasteiger partial charge < -0.3 is 9.84 Å². The molecule has 3 nitrogen and oxygen atoms in total. The molecule has 0 unspecified atom stereocenters. The lowest BCUT2D eigenvalue weighted by molar-refractivity contribution is 0.0342. The van der Waals surface area contributed by atoms with Gasteiger partial charge in [0.05, 0.1) is 19.8 Å². The van der Waals surface area contributed by atoms with E-state index >= 15 is 0 Å². The number of rotatable bonds is 6. The van der Waals surface area contributed by atoms with Gasteiger partial charge in [-0.1, -0.05) is 42.5 Å². The molecule has 0 amide bonds. The molecule has 1 N–H and O–H groups in total. The number of nitrogens with zero attached hydrogens (tertiary/aromatic N) is 1. The third-order valence-corrected chi connectivity index (χ3v) is 6.36. The summed E-state index contributed by atoms with van der Waals surface area (Å²) in [6.45, 7) is 15.3. The summed E-state index contributed by atoms with van der Waals surface area (Å²) in [7, 11) is 0. The predicted molar refractivity (Wildman–Crippen MR) is 107 cm³/mol. The first-order chi connectivity index (χ1) is 12.6. The summed E-state index contributed by atoms with van der Waals surface area (Å²) in [4.78, 5) is 2.45. The lowest BCUT2D eigenvalue weighted by atomic mass is 9.62. The van der Waals surface area contributed by atoms with Crippen LogP contribution < -0.4 is 0 Å². The van der Waals surface area contributed by atoms with E-state index in [1.54, 1.807) is 0 Å². The summed E-state index contributed by atoms with van der Waals surface area (Å²) in [5.74, 6) is 0.892. The molecule has 0 bridgehead atoms. The van der Waals surface area contributed by atoms with E-state index in [-0.39, 0.29) is 12.0 Å². The molecular formula is C23H33NO2. The first-order valence-corrected chi connectivity index (χ1v) is 9.86. The predicted octanol–water partition coefficient (Wildman–Crippen LogP) is 4.14. The Kier molecular flexibility index (Phi) is 6.33. The van der Waals surface area contributed by atoms with E-state index in [9.17, 15) is 5.11 Å². The molecule has 1 saturated carbocycles.